The zero-order chi connectivity index (χ0) is 31.8. The Hall–Kier alpha value is -2.47. The summed E-state index contributed by atoms with van der Waals surface area (Å²) in [6, 6.07) is 0. The van der Waals surface area contributed by atoms with E-state index in [0.29, 0.717) is 0 Å². The van der Waals surface area contributed by atoms with Crippen LogP contribution in [0.4, 0.5) is 20.5 Å². The van der Waals surface area contributed by atoms with E-state index >= 15 is 8.78 Å². The monoisotopic (exact) mass is 715 g/mol. The van der Waals surface area contributed by atoms with Crippen LogP contribution in [-0.4, -0.2) is 104 Å². The fourth-order valence-electron chi connectivity index (χ4n) is 5.23. The van der Waals surface area contributed by atoms with Gasteiger partial charge in [0.15, 0.2) is 0 Å². The van der Waals surface area contributed by atoms with Crippen molar-refractivity contribution in [1.29, 1.82) is 0 Å². The van der Waals surface area contributed by atoms with Crippen LogP contribution in [0.2, 0.25) is 0 Å². The van der Waals surface area contributed by atoms with Crippen LogP contribution in [0.3, 0.4) is 0 Å². The van der Waals surface area contributed by atoms with Gasteiger partial charge < -0.3 is 0 Å². The Morgan fingerprint density at radius 2 is 1.62 bits per heavy atom. The fourth-order valence-corrected chi connectivity index (χ4v) is 8.55. The van der Waals surface area contributed by atoms with Crippen LogP contribution in [0, 0.1) is 0 Å². The minimum atomic E-state index is -4.61. The number of nitrogens with two attached hydrogens (primary N) is 2. The number of nitrogens with one attached hydrogen (secondary N) is 1. The molecule has 3 aliphatic heterocycles. The van der Waals surface area contributed by atoms with Gasteiger partial charge in [0.2, 0.25) is 0 Å². The van der Waals surface area contributed by atoms with Crippen LogP contribution in [0.5, 0.6) is 0 Å². The van der Waals surface area contributed by atoms with Gasteiger partial charge in [0.1, 0.15) is 0 Å². The number of imidazole rings is 1. The molecule has 8 atom stereocenters. The summed E-state index contributed by atoms with van der Waals surface area (Å²) in [6.45, 7) is -1.30. The van der Waals surface area contributed by atoms with Gasteiger partial charge in [-0.3, -0.25) is 0 Å². The number of nitrogens with zero attached hydrogens (tertiary/aromatic N) is 8. The third-order valence-electron chi connectivity index (χ3n) is 7.24. The number of rotatable bonds is 2. The predicted molar refractivity (Wildman–Crippen MR) is 158 cm³/mol. The van der Waals surface area contributed by atoms with Crippen LogP contribution < -0.4 is 17.0 Å². The standard InChI is InChI=1S/C19H25F2N11O9P2S2/c20-7-5-1-36-42(34,44)40-11-6(39-17(8(11)21)31-4-26-9-13(22)24-3-25-14(9)31)2-37-43(35,45)41-12(7)18(38-5)32-15-10(29-30-32)16(33)28-19(23)27-15/h3-8,11-12,17-18,34-35,42-45H,1-2H2,(H2,22,24,25)(H3,23,27,28,33)/t5-,6-,7-,8+,11-,12-,17-,18-/m1/s1. The second kappa shape index (κ2) is 11.3. The molecule has 2 bridgehead atoms. The number of ether oxygens (including phenoxy) is 2. The molecule has 7 N–H and O–H groups in total. The van der Waals surface area contributed by atoms with Gasteiger partial charge in [-0.1, -0.05) is 0 Å². The van der Waals surface area contributed by atoms with Crippen LogP contribution in [-0.2, 0) is 27.6 Å². The summed E-state index contributed by atoms with van der Waals surface area (Å²) in [4.78, 5) is 52.6. The normalized spacial score (nSPS) is 34.9. The zero-order valence-corrected chi connectivity index (χ0v) is 26.1. The summed E-state index contributed by atoms with van der Waals surface area (Å²) in [7, 11) is -9.17. The fraction of sp³-hybridized carbons (Fsp3) is 0.526. The first kappa shape index (κ1) is 31.1. The van der Waals surface area contributed by atoms with E-state index in [0.717, 1.165) is 11.0 Å². The molecule has 0 unspecified atom stereocenters. The van der Waals surface area contributed by atoms with Gasteiger partial charge in [-0.15, -0.1) is 0 Å². The maximum atomic E-state index is 16.0. The molecular formula is C19H25F2N11O9P2S2. The van der Waals surface area contributed by atoms with Crippen molar-refractivity contribution in [3.63, 3.8) is 0 Å². The number of halogens is 2. The molecule has 0 radical (unpaired) electrons. The molecule has 3 saturated heterocycles. The molecule has 3 aliphatic rings. The molecule has 7 rings (SSSR count). The second-order valence-electron chi connectivity index (χ2n) is 10.1. The number of nitrogen functional groups attached to an aromatic ring is 2. The molecule has 4 aromatic rings. The van der Waals surface area contributed by atoms with Crippen molar-refractivity contribution in [1.82, 2.24) is 44.5 Å². The quantitative estimate of drug-likeness (QED) is 0.102. The summed E-state index contributed by atoms with van der Waals surface area (Å²) < 4.78 is 68.0. The van der Waals surface area contributed by atoms with E-state index in [9.17, 15) is 14.6 Å². The van der Waals surface area contributed by atoms with E-state index in [1.54, 1.807) is 0 Å². The number of thiol groups is 2. The van der Waals surface area contributed by atoms with E-state index in [1.807, 2.05) is 0 Å². The molecule has 0 amide bonds. The third kappa shape index (κ3) is 5.61. The van der Waals surface area contributed by atoms with Gasteiger partial charge in [0, 0.05) is 0 Å². The summed E-state index contributed by atoms with van der Waals surface area (Å²) in [5, 5.41) is 7.59. The Labute approximate surface area is 260 Å². The zero-order valence-electron chi connectivity index (χ0n) is 22.3. The molecule has 3 fully saturated rings. The van der Waals surface area contributed by atoms with Crippen molar-refractivity contribution < 1.29 is 46.1 Å². The van der Waals surface area contributed by atoms with Crippen molar-refractivity contribution in [2.75, 3.05) is 24.7 Å². The number of aromatic amines is 1. The van der Waals surface area contributed by atoms with Gasteiger partial charge in [-0.2, -0.15) is 0 Å². The van der Waals surface area contributed by atoms with Crippen molar-refractivity contribution in [2.24, 2.45) is 0 Å². The maximum absolute atomic E-state index is 16.0. The molecule has 0 spiro atoms. The molecule has 20 nitrogen and oxygen atoms in total. The van der Waals surface area contributed by atoms with E-state index in [-0.39, 0.29) is 34.1 Å². The number of alkyl halides is 2. The van der Waals surface area contributed by atoms with Crippen molar-refractivity contribution in [2.45, 2.75) is 49.2 Å². The molecule has 4 aromatic heterocycles. The first-order valence-corrected chi connectivity index (χ1v) is 19.1. The molecule has 246 valence electrons. The molecule has 0 saturated carbocycles. The number of hydrogen-bond donors (Lipinski definition) is 7. The molecule has 7 heterocycles. The number of hydrogen-bond acceptors (Lipinski definition) is 19. The summed E-state index contributed by atoms with van der Waals surface area (Å²) >= 11 is 8.21. The predicted octanol–water partition coefficient (Wildman–Crippen LogP) is -0.529. The summed E-state index contributed by atoms with van der Waals surface area (Å²) in [5.74, 6) is -0.235. The SMILES string of the molecule is Nc1nc2c(nnn2[C@@H]2O[C@@H]3CO[PH](O)(S)O[C@H]4[C@H](F)[C@H](n5cnc6c(N)ncnc65)O[C@@H]4CO[PH](O)(S)O[C@@H]2[C@@H]3F)c(=O)[nH]1. The Kier molecular flexibility index (Phi) is 7.86. The van der Waals surface area contributed by atoms with E-state index in [2.05, 4.69) is 59.7 Å². The van der Waals surface area contributed by atoms with E-state index < -0.39 is 82.3 Å². The van der Waals surface area contributed by atoms with Gasteiger partial charge in [-0.25, -0.2) is 0 Å². The van der Waals surface area contributed by atoms with E-state index in [1.165, 1.54) is 10.9 Å². The van der Waals surface area contributed by atoms with E-state index in [4.69, 9.17) is 39.0 Å². The molecule has 26 heteroatoms. The number of H-pyrrole nitrogens is 1. The van der Waals surface area contributed by atoms with Crippen LogP contribution in [0.25, 0.3) is 22.3 Å². The second-order valence-corrected chi connectivity index (χ2v) is 16.8. The van der Waals surface area contributed by atoms with Crippen molar-refractivity contribution in [3.05, 3.63) is 23.0 Å². The number of anilines is 2. The summed E-state index contributed by atoms with van der Waals surface area (Å²) in [6.07, 6.45) is -10.7. The molecular weight excluding hydrogens is 690 g/mol. The molecule has 45 heavy (non-hydrogen) atoms. The van der Waals surface area contributed by atoms with Crippen LogP contribution >= 0.6 is 38.8 Å². The first-order valence-electron chi connectivity index (χ1n) is 13.0. The Morgan fingerprint density at radius 1 is 0.933 bits per heavy atom. The minimum absolute atomic E-state index is 0.0504. The average Bonchev–Trinajstić information content (AvgIpc) is 3.72. The summed E-state index contributed by atoms with van der Waals surface area (Å²) in [5.41, 5.74) is 10.7. The topological polar surface area (TPSA) is 268 Å². The van der Waals surface area contributed by atoms with Crippen LogP contribution in [0.1, 0.15) is 12.5 Å². The number of aromatic nitrogens is 9. The van der Waals surface area contributed by atoms with Gasteiger partial charge in [0.25, 0.3) is 0 Å². The number of fused-ring (bicyclic) bond motifs is 5. The Bertz CT molecular complexity index is 1820. The van der Waals surface area contributed by atoms with Crippen molar-refractivity contribution >= 4 is 72.9 Å². The Balaban J connectivity index is 1.20. The molecule has 0 aromatic carbocycles. The van der Waals surface area contributed by atoms with Crippen LogP contribution in [0.15, 0.2) is 17.4 Å². The van der Waals surface area contributed by atoms with Gasteiger partial charge >= 0.3 is 260 Å². The van der Waals surface area contributed by atoms with Crippen molar-refractivity contribution in [3.8, 4) is 0 Å². The van der Waals surface area contributed by atoms with Gasteiger partial charge in [0.05, 0.1) is 0 Å². The first-order chi connectivity index (χ1) is 21.3. The average molecular weight is 716 g/mol. The Morgan fingerprint density at radius 3 is 2.38 bits per heavy atom. The third-order valence-corrected chi connectivity index (χ3v) is 10.9. The molecule has 0 aliphatic carbocycles. The van der Waals surface area contributed by atoms with Gasteiger partial charge in [-0.05, 0) is 0 Å².